The molecule has 3 fully saturated rings. The Morgan fingerprint density at radius 3 is 2.22 bits per heavy atom. The van der Waals surface area contributed by atoms with E-state index in [0.29, 0.717) is 52.2 Å². The van der Waals surface area contributed by atoms with E-state index in [1.807, 2.05) is 35.2 Å². The summed E-state index contributed by atoms with van der Waals surface area (Å²) in [6, 6.07) is 8.14. The third kappa shape index (κ3) is 6.85. The van der Waals surface area contributed by atoms with Crippen LogP contribution < -0.4 is 20.7 Å². The number of nitriles is 1. The van der Waals surface area contributed by atoms with Gasteiger partial charge in [-0.1, -0.05) is 0 Å². The van der Waals surface area contributed by atoms with Crippen LogP contribution in [0.3, 0.4) is 0 Å². The van der Waals surface area contributed by atoms with E-state index in [9.17, 15) is 23.2 Å². The Kier molecular flexibility index (Phi) is 8.27. The summed E-state index contributed by atoms with van der Waals surface area (Å²) in [7, 11) is 1.61. The van der Waals surface area contributed by atoms with E-state index in [1.54, 1.807) is 7.11 Å². The molecule has 1 aliphatic carbocycles. The molecular formula is C25H33F2N5O5. The molecule has 37 heavy (non-hydrogen) atoms. The molecule has 0 radical (unpaired) electrons. The summed E-state index contributed by atoms with van der Waals surface area (Å²) >= 11 is 0. The highest BCUT2D eigenvalue weighted by atomic mass is 19.3. The van der Waals surface area contributed by atoms with Crippen LogP contribution in [0, 0.1) is 16.7 Å². The third-order valence-corrected chi connectivity index (χ3v) is 7.13. The molecule has 1 aromatic rings. The number of hydrogen-bond acceptors (Lipinski definition) is 6. The number of carboxylic acid groups (broad SMARTS) is 1. The second-order valence-electron chi connectivity index (χ2n) is 10.0. The summed E-state index contributed by atoms with van der Waals surface area (Å²) in [4.78, 5) is 38.4. The molecule has 2 saturated heterocycles. The molecule has 1 aromatic carbocycles. The number of anilines is 1. The maximum absolute atomic E-state index is 12.8. The van der Waals surface area contributed by atoms with Crippen molar-refractivity contribution < 1.29 is 33.0 Å². The minimum atomic E-state index is -2.97. The van der Waals surface area contributed by atoms with Gasteiger partial charge in [0.25, 0.3) is 0 Å². The van der Waals surface area contributed by atoms with Crippen LogP contribution in [0.5, 0.6) is 5.75 Å². The number of nitrogens with one attached hydrogen (secondary N) is 1. The first-order chi connectivity index (χ1) is 17.3. The number of carbonyl (C=O) groups excluding carboxylic acids is 2. The zero-order chi connectivity index (χ0) is 27.4. The Bertz CT molecular complexity index is 1040. The first-order valence-corrected chi connectivity index (χ1v) is 12.1. The van der Waals surface area contributed by atoms with Gasteiger partial charge in [-0.25, -0.2) is 13.6 Å². The van der Waals surface area contributed by atoms with E-state index in [2.05, 4.69) is 5.32 Å². The normalized spacial score (nSPS) is 20.4. The van der Waals surface area contributed by atoms with E-state index in [1.165, 1.54) is 4.90 Å². The van der Waals surface area contributed by atoms with Crippen LogP contribution in [0.25, 0.3) is 0 Å². The number of piperidine rings is 1. The average molecular weight is 522 g/mol. The quantitative estimate of drug-likeness (QED) is 0.521. The Hall–Kier alpha value is -3.46. The number of carbonyl (C=O) groups is 3. The van der Waals surface area contributed by atoms with Gasteiger partial charge in [-0.2, -0.15) is 5.26 Å². The summed E-state index contributed by atoms with van der Waals surface area (Å²) in [5.74, 6) is -2.77. The van der Waals surface area contributed by atoms with E-state index in [-0.39, 0.29) is 11.3 Å². The summed E-state index contributed by atoms with van der Waals surface area (Å²) in [6.07, 6.45) is 1.54. The fourth-order valence-electron chi connectivity index (χ4n) is 4.62. The van der Waals surface area contributed by atoms with Crippen LogP contribution in [-0.2, 0) is 9.59 Å². The Labute approximate surface area is 214 Å². The molecule has 4 rings (SSSR count). The van der Waals surface area contributed by atoms with E-state index in [0.717, 1.165) is 17.9 Å². The number of amides is 3. The molecule has 202 valence electrons. The van der Waals surface area contributed by atoms with Crippen LogP contribution >= 0.6 is 0 Å². The molecule has 0 bridgehead atoms. The van der Waals surface area contributed by atoms with Crippen LogP contribution in [-0.4, -0.2) is 72.2 Å². The topological polar surface area (TPSA) is 149 Å². The average Bonchev–Trinajstić information content (AvgIpc) is 3.56. The number of nitrogens with zero attached hydrogens (tertiary/aromatic N) is 3. The van der Waals surface area contributed by atoms with Crippen molar-refractivity contribution in [1.82, 2.24) is 10.2 Å². The van der Waals surface area contributed by atoms with Crippen molar-refractivity contribution in [1.29, 1.82) is 5.26 Å². The van der Waals surface area contributed by atoms with Crippen LogP contribution in [0.4, 0.5) is 19.3 Å². The highest BCUT2D eigenvalue weighted by molar-refractivity contribution is 6.00. The standard InChI is InChI=1S/C16H20N2O4.C9H13F2N3O/c1-22-13-4-2-12(3-5-13)18-11-8-16(14(18)19)6-9-17(10-7-16)15(20)21;1-8(10,11)4-6(13)7(15)14-9(5-12)2-3-9/h2-5H,6-11H2,1H3,(H,20,21);6H,2-4,13H2,1H3,(H,14,15)/t;6-/m.0/s1. The number of nitrogens with two attached hydrogens (primary N) is 1. The molecule has 1 atom stereocenters. The summed E-state index contributed by atoms with van der Waals surface area (Å²) in [5, 5.41) is 20.1. The van der Waals surface area contributed by atoms with Gasteiger partial charge < -0.3 is 30.7 Å². The number of halogens is 2. The summed E-state index contributed by atoms with van der Waals surface area (Å²) < 4.78 is 30.2. The number of methoxy groups -OCH3 is 1. The predicted molar refractivity (Wildman–Crippen MR) is 130 cm³/mol. The Morgan fingerprint density at radius 2 is 1.76 bits per heavy atom. The Morgan fingerprint density at radius 1 is 1.19 bits per heavy atom. The molecule has 10 nitrogen and oxygen atoms in total. The van der Waals surface area contributed by atoms with Crippen LogP contribution in [0.15, 0.2) is 24.3 Å². The lowest BCUT2D eigenvalue weighted by atomic mass is 9.77. The largest absolute Gasteiger partial charge is 0.497 e. The zero-order valence-corrected chi connectivity index (χ0v) is 21.0. The first-order valence-electron chi connectivity index (χ1n) is 12.1. The highest BCUT2D eigenvalue weighted by Crippen LogP contribution is 2.43. The molecule has 0 aromatic heterocycles. The van der Waals surface area contributed by atoms with Crippen LogP contribution in [0.1, 0.15) is 45.4 Å². The smallest absolute Gasteiger partial charge is 0.407 e. The summed E-state index contributed by atoms with van der Waals surface area (Å²) in [6.45, 7) is 2.28. The van der Waals surface area contributed by atoms with Crippen molar-refractivity contribution in [3.8, 4) is 11.8 Å². The maximum Gasteiger partial charge on any atom is 0.407 e. The minimum Gasteiger partial charge on any atom is -0.497 e. The second-order valence-corrected chi connectivity index (χ2v) is 10.0. The number of rotatable bonds is 6. The maximum atomic E-state index is 12.8. The van der Waals surface area contributed by atoms with Crippen molar-refractivity contribution >= 4 is 23.6 Å². The monoisotopic (exact) mass is 521 g/mol. The molecule has 1 spiro atoms. The number of ether oxygens (including phenoxy) is 1. The number of alkyl halides is 2. The van der Waals surface area contributed by atoms with E-state index in [4.69, 9.17) is 20.8 Å². The molecule has 3 aliphatic rings. The molecule has 0 unspecified atom stereocenters. The summed E-state index contributed by atoms with van der Waals surface area (Å²) in [5.41, 5.74) is 4.94. The van der Waals surface area contributed by atoms with Gasteiger partial charge in [0.2, 0.25) is 17.7 Å². The molecule has 3 amide bonds. The molecule has 2 aliphatic heterocycles. The minimum absolute atomic E-state index is 0.128. The number of likely N-dealkylation sites (tertiary alicyclic amines) is 1. The van der Waals surface area contributed by atoms with Gasteiger partial charge in [0, 0.05) is 31.7 Å². The highest BCUT2D eigenvalue weighted by Gasteiger charge is 2.49. The number of hydrogen-bond donors (Lipinski definition) is 3. The van der Waals surface area contributed by atoms with E-state index >= 15 is 0 Å². The van der Waals surface area contributed by atoms with Gasteiger partial charge in [-0.05, 0) is 63.3 Å². The molecule has 12 heteroatoms. The fourth-order valence-corrected chi connectivity index (χ4v) is 4.62. The van der Waals surface area contributed by atoms with Crippen molar-refractivity contribution in [2.45, 2.75) is 63.0 Å². The Balaban J connectivity index is 0.000000222. The van der Waals surface area contributed by atoms with Gasteiger partial charge in [0.1, 0.15) is 11.3 Å². The first kappa shape index (κ1) is 28.1. The van der Waals surface area contributed by atoms with E-state index < -0.39 is 35.9 Å². The second kappa shape index (κ2) is 10.9. The van der Waals surface area contributed by atoms with Crippen molar-refractivity contribution in [3.63, 3.8) is 0 Å². The van der Waals surface area contributed by atoms with Crippen LogP contribution in [0.2, 0.25) is 0 Å². The lowest BCUT2D eigenvalue weighted by Gasteiger charge is -2.36. The molecule has 4 N–H and O–H groups in total. The lowest BCUT2D eigenvalue weighted by Crippen LogP contribution is -2.48. The third-order valence-electron chi connectivity index (χ3n) is 7.13. The number of benzene rings is 1. The van der Waals surface area contributed by atoms with Crippen molar-refractivity contribution in [2.75, 3.05) is 31.6 Å². The SMILES string of the molecule is CC(F)(F)C[C@H](N)C(=O)NC1(C#N)CC1.COc1ccc(N2CCC3(CCN(C(=O)O)CC3)C2=O)cc1. The molecule has 2 heterocycles. The molecular weight excluding hydrogens is 488 g/mol. The molecule has 1 saturated carbocycles. The van der Waals surface area contributed by atoms with Crippen molar-refractivity contribution in [3.05, 3.63) is 24.3 Å². The van der Waals surface area contributed by atoms with Gasteiger partial charge in [-0.15, -0.1) is 0 Å². The van der Waals surface area contributed by atoms with Gasteiger partial charge in [0.15, 0.2) is 0 Å². The zero-order valence-electron chi connectivity index (χ0n) is 21.0. The van der Waals surface area contributed by atoms with Gasteiger partial charge >= 0.3 is 6.09 Å². The van der Waals surface area contributed by atoms with Crippen molar-refractivity contribution in [2.24, 2.45) is 11.1 Å². The lowest BCUT2D eigenvalue weighted by molar-refractivity contribution is -0.127. The fraction of sp³-hybridized carbons (Fsp3) is 0.600. The van der Waals surface area contributed by atoms with Gasteiger partial charge in [0.05, 0.1) is 24.6 Å². The predicted octanol–water partition coefficient (Wildman–Crippen LogP) is 2.72. The van der Waals surface area contributed by atoms with Gasteiger partial charge in [-0.3, -0.25) is 9.59 Å².